The summed E-state index contributed by atoms with van der Waals surface area (Å²) in [5.41, 5.74) is 0.234. The minimum Gasteiger partial charge on any atom is -0.487 e. The van der Waals surface area contributed by atoms with Crippen LogP contribution >= 0.6 is 0 Å². The van der Waals surface area contributed by atoms with E-state index in [0.29, 0.717) is 44.5 Å². The van der Waals surface area contributed by atoms with E-state index in [0.717, 1.165) is 25.0 Å². The van der Waals surface area contributed by atoms with Crippen LogP contribution in [0.15, 0.2) is 24.5 Å². The second kappa shape index (κ2) is 12.0. The molecule has 206 valence electrons. The highest BCUT2D eigenvalue weighted by Gasteiger charge is 2.43. The summed E-state index contributed by atoms with van der Waals surface area (Å²) in [5.74, 6) is -2.58. The van der Waals surface area contributed by atoms with Crippen molar-refractivity contribution in [2.75, 3.05) is 39.4 Å². The highest BCUT2D eigenvalue weighted by atomic mass is 19.1. The predicted molar refractivity (Wildman–Crippen MR) is 135 cm³/mol. The van der Waals surface area contributed by atoms with Crippen LogP contribution in [0, 0.1) is 17.6 Å². The summed E-state index contributed by atoms with van der Waals surface area (Å²) in [7, 11) is 0. The van der Waals surface area contributed by atoms with E-state index in [-0.39, 0.29) is 48.8 Å². The van der Waals surface area contributed by atoms with Gasteiger partial charge in [-0.1, -0.05) is 6.92 Å². The number of amides is 2. The Balaban J connectivity index is 1.33. The molecule has 2 heterocycles. The van der Waals surface area contributed by atoms with E-state index < -0.39 is 23.3 Å². The molecule has 2 aliphatic rings. The number of aliphatic hydroxyl groups is 1. The summed E-state index contributed by atoms with van der Waals surface area (Å²) in [4.78, 5) is 36.1. The maximum Gasteiger partial charge on any atom is 0.410 e. The Kier molecular flexibility index (Phi) is 8.76. The number of nitrogens with zero attached hydrogens (tertiary/aromatic N) is 4. The molecule has 0 radical (unpaired) electrons. The zero-order chi connectivity index (χ0) is 27.3. The Hall–Kier alpha value is -3.34. The quantitative estimate of drug-likeness (QED) is 0.492. The molecule has 0 atom stereocenters. The first-order valence-corrected chi connectivity index (χ1v) is 13.1. The minimum absolute atomic E-state index is 0.0578. The van der Waals surface area contributed by atoms with Crippen molar-refractivity contribution in [2.45, 2.75) is 51.6 Å². The number of hydrogen-bond donors (Lipinski definition) is 1. The topological polar surface area (TPSA) is 105 Å². The fourth-order valence-electron chi connectivity index (χ4n) is 4.34. The minimum atomic E-state index is -0.851. The number of halogens is 2. The molecule has 1 aromatic heterocycles. The van der Waals surface area contributed by atoms with E-state index in [2.05, 4.69) is 9.97 Å². The predicted octanol–water partition coefficient (Wildman–Crippen LogP) is 4.05. The Morgan fingerprint density at radius 1 is 1.11 bits per heavy atom. The lowest BCUT2D eigenvalue weighted by Gasteiger charge is -2.32. The maximum absolute atomic E-state index is 14.8. The number of piperidine rings is 1. The van der Waals surface area contributed by atoms with Crippen LogP contribution in [0.2, 0.25) is 0 Å². The maximum atomic E-state index is 14.8. The first kappa shape index (κ1) is 27.7. The van der Waals surface area contributed by atoms with Gasteiger partial charge >= 0.3 is 6.09 Å². The molecular weight excluding hydrogens is 498 g/mol. The van der Waals surface area contributed by atoms with Gasteiger partial charge in [0.1, 0.15) is 5.60 Å². The average molecular weight is 533 g/mol. The van der Waals surface area contributed by atoms with Crippen molar-refractivity contribution in [1.82, 2.24) is 19.8 Å². The van der Waals surface area contributed by atoms with Crippen molar-refractivity contribution in [1.29, 1.82) is 0 Å². The number of carbonyl (C=O) groups excluding carboxylic acids is 2. The van der Waals surface area contributed by atoms with Crippen LogP contribution in [0.25, 0.3) is 11.1 Å². The van der Waals surface area contributed by atoms with Crippen LogP contribution in [0.3, 0.4) is 0 Å². The van der Waals surface area contributed by atoms with Gasteiger partial charge in [-0.2, -0.15) is 0 Å². The van der Waals surface area contributed by atoms with Crippen LogP contribution in [0.4, 0.5) is 13.6 Å². The van der Waals surface area contributed by atoms with Crippen LogP contribution in [-0.4, -0.2) is 81.9 Å². The van der Waals surface area contributed by atoms with Crippen LogP contribution < -0.4 is 4.74 Å². The molecule has 1 aliphatic heterocycles. The molecule has 38 heavy (non-hydrogen) atoms. The summed E-state index contributed by atoms with van der Waals surface area (Å²) in [6.45, 7) is 5.44. The number of aromatic nitrogens is 2. The van der Waals surface area contributed by atoms with Gasteiger partial charge in [0.2, 0.25) is 5.82 Å². The van der Waals surface area contributed by atoms with Crippen LogP contribution in [0.5, 0.6) is 5.75 Å². The molecule has 4 rings (SSSR count). The van der Waals surface area contributed by atoms with Gasteiger partial charge in [-0.3, -0.25) is 4.79 Å². The molecule has 1 saturated heterocycles. The van der Waals surface area contributed by atoms with E-state index in [9.17, 15) is 18.4 Å². The monoisotopic (exact) mass is 532 g/mol. The number of rotatable bonds is 10. The molecule has 1 N–H and O–H groups in total. The third-order valence-corrected chi connectivity index (χ3v) is 6.95. The lowest BCUT2D eigenvalue weighted by atomic mass is 9.98. The average Bonchev–Trinajstić information content (AvgIpc) is 3.64. The Bertz CT molecular complexity index is 1110. The fourth-order valence-corrected chi connectivity index (χ4v) is 4.34. The molecule has 0 spiro atoms. The number of aliphatic hydroxyl groups excluding tert-OH is 1. The zero-order valence-corrected chi connectivity index (χ0v) is 21.8. The molecule has 1 saturated carbocycles. The summed E-state index contributed by atoms with van der Waals surface area (Å²) >= 11 is 0. The summed E-state index contributed by atoms with van der Waals surface area (Å²) < 4.78 is 40.6. The number of carbonyl (C=O) groups is 2. The van der Waals surface area contributed by atoms with Gasteiger partial charge in [-0.25, -0.2) is 23.5 Å². The van der Waals surface area contributed by atoms with E-state index in [1.165, 1.54) is 17.3 Å². The molecule has 11 heteroatoms. The van der Waals surface area contributed by atoms with E-state index in [1.54, 1.807) is 4.90 Å². The van der Waals surface area contributed by atoms with E-state index in [4.69, 9.17) is 14.6 Å². The van der Waals surface area contributed by atoms with Gasteiger partial charge in [-0.05, 0) is 62.6 Å². The van der Waals surface area contributed by atoms with Crippen molar-refractivity contribution in [3.05, 3.63) is 42.0 Å². The lowest BCUT2D eigenvalue weighted by molar-refractivity contribution is 0.0453. The largest absolute Gasteiger partial charge is 0.487 e. The normalized spacial score (nSPS) is 16.7. The molecule has 1 aromatic carbocycles. The van der Waals surface area contributed by atoms with Gasteiger partial charge in [-0.15, -0.1) is 0 Å². The van der Waals surface area contributed by atoms with Gasteiger partial charge in [0.15, 0.2) is 17.4 Å². The van der Waals surface area contributed by atoms with E-state index >= 15 is 0 Å². The standard InChI is InChI=1S/C27H34F2N4O5/c1-3-8-32(11-12-34)25(35)24-30-15-20(16-31-24)19-13-21(28)23(22(29)14-19)37-17-18-4-9-33(10-5-18)26(36)38-27(2)6-7-27/h13-16,18,34H,3-12,17H2,1-2H3. The number of benzene rings is 1. The van der Waals surface area contributed by atoms with Gasteiger partial charge < -0.3 is 24.4 Å². The second-order valence-electron chi connectivity index (χ2n) is 10.1. The molecule has 9 nitrogen and oxygen atoms in total. The van der Waals surface area contributed by atoms with Crippen LogP contribution in [-0.2, 0) is 4.74 Å². The summed E-state index contributed by atoms with van der Waals surface area (Å²) in [6.07, 6.45) is 6.17. The molecule has 2 amide bonds. The van der Waals surface area contributed by atoms with Crippen molar-refractivity contribution < 1.29 is 33.0 Å². The van der Waals surface area contributed by atoms with Gasteiger partial charge in [0.05, 0.1) is 13.2 Å². The number of hydrogen-bond acceptors (Lipinski definition) is 7. The van der Waals surface area contributed by atoms with Crippen LogP contribution in [0.1, 0.15) is 56.6 Å². The summed E-state index contributed by atoms with van der Waals surface area (Å²) in [5, 5.41) is 9.17. The molecule has 0 unspecified atom stereocenters. The van der Waals surface area contributed by atoms with Gasteiger partial charge in [0.25, 0.3) is 5.91 Å². The fraction of sp³-hybridized carbons (Fsp3) is 0.556. The molecular formula is C27H34F2N4O5. The Labute approximate surface area is 220 Å². The first-order valence-electron chi connectivity index (χ1n) is 13.1. The molecule has 0 bridgehead atoms. The van der Waals surface area contributed by atoms with Gasteiger partial charge in [0, 0.05) is 44.1 Å². The number of likely N-dealkylation sites (tertiary alicyclic amines) is 1. The van der Waals surface area contributed by atoms with Crippen molar-refractivity contribution >= 4 is 12.0 Å². The van der Waals surface area contributed by atoms with Crippen molar-refractivity contribution in [3.63, 3.8) is 0 Å². The molecule has 2 aromatic rings. The van der Waals surface area contributed by atoms with Crippen molar-refractivity contribution in [3.8, 4) is 16.9 Å². The second-order valence-corrected chi connectivity index (χ2v) is 10.1. The Morgan fingerprint density at radius 3 is 2.29 bits per heavy atom. The highest BCUT2D eigenvalue weighted by molar-refractivity contribution is 5.90. The summed E-state index contributed by atoms with van der Waals surface area (Å²) in [6, 6.07) is 2.29. The SMILES string of the molecule is CCCN(CCO)C(=O)c1ncc(-c2cc(F)c(OCC3CCN(C(=O)OC4(C)CC4)CC3)c(F)c2)cn1. The lowest BCUT2D eigenvalue weighted by Crippen LogP contribution is -2.41. The zero-order valence-electron chi connectivity index (χ0n) is 21.8. The van der Waals surface area contributed by atoms with E-state index in [1.807, 2.05) is 13.8 Å². The Morgan fingerprint density at radius 2 is 1.74 bits per heavy atom. The third kappa shape index (κ3) is 6.75. The third-order valence-electron chi connectivity index (χ3n) is 6.95. The first-order chi connectivity index (χ1) is 18.2. The molecule has 1 aliphatic carbocycles. The smallest absolute Gasteiger partial charge is 0.410 e. The van der Waals surface area contributed by atoms with Crippen molar-refractivity contribution in [2.24, 2.45) is 5.92 Å². The molecule has 2 fully saturated rings. The number of ether oxygens (including phenoxy) is 2. The highest BCUT2D eigenvalue weighted by Crippen LogP contribution is 2.39.